The molecule has 0 aromatic heterocycles. The van der Waals surface area contributed by atoms with Crippen molar-refractivity contribution in [2.75, 3.05) is 26.4 Å². The van der Waals surface area contributed by atoms with Crippen LogP contribution in [0.4, 0.5) is 22.0 Å². The first-order valence-electron chi connectivity index (χ1n) is 18.0. The van der Waals surface area contributed by atoms with Crippen molar-refractivity contribution in [1.82, 2.24) is 0 Å². The number of benzene rings is 2. The minimum Gasteiger partial charge on any atom is -0.489 e. The van der Waals surface area contributed by atoms with E-state index in [0.717, 1.165) is 22.3 Å². The van der Waals surface area contributed by atoms with E-state index in [1.807, 2.05) is 61.5 Å². The first-order valence-corrected chi connectivity index (χ1v) is 18.0. The zero-order chi connectivity index (χ0) is 36.0. The molecule has 1 heterocycles. The van der Waals surface area contributed by atoms with Gasteiger partial charge in [0.05, 0.1) is 19.8 Å². The Bertz CT molecular complexity index is 1500. The Labute approximate surface area is 292 Å². The first kappa shape index (κ1) is 37.2. The quantitative estimate of drug-likeness (QED) is 0.190. The highest BCUT2D eigenvalue weighted by Gasteiger charge is 2.59. The average molecular weight is 707 g/mol. The van der Waals surface area contributed by atoms with Crippen molar-refractivity contribution in [2.45, 2.75) is 109 Å². The van der Waals surface area contributed by atoms with Gasteiger partial charge in [-0.15, -0.1) is 0 Å². The van der Waals surface area contributed by atoms with E-state index in [-0.39, 0.29) is 49.2 Å². The van der Waals surface area contributed by atoms with E-state index in [1.165, 1.54) is 0 Å². The van der Waals surface area contributed by atoms with Gasteiger partial charge in [0.25, 0.3) is 0 Å². The van der Waals surface area contributed by atoms with E-state index in [0.29, 0.717) is 64.1 Å². The normalized spacial score (nSPS) is 30.9. The van der Waals surface area contributed by atoms with Gasteiger partial charge in [-0.3, -0.25) is 0 Å². The molecule has 50 heavy (non-hydrogen) atoms. The Morgan fingerprint density at radius 3 is 2.18 bits per heavy atom. The van der Waals surface area contributed by atoms with Crippen molar-refractivity contribution in [3.05, 3.63) is 76.9 Å². The monoisotopic (exact) mass is 706 g/mol. The van der Waals surface area contributed by atoms with Gasteiger partial charge in [0, 0.05) is 42.6 Å². The molecule has 2 aromatic carbocycles. The van der Waals surface area contributed by atoms with Crippen molar-refractivity contribution in [3.63, 3.8) is 0 Å². The van der Waals surface area contributed by atoms with Crippen LogP contribution in [0.1, 0.15) is 95.6 Å². The molecule has 2 saturated carbocycles. The van der Waals surface area contributed by atoms with E-state index in [2.05, 4.69) is 13.8 Å². The number of aliphatic hydroxyl groups is 2. The molecule has 10 heteroatoms. The molecule has 3 fully saturated rings. The molecule has 2 unspecified atom stereocenters. The van der Waals surface area contributed by atoms with Crippen LogP contribution in [-0.2, 0) is 16.1 Å². The average Bonchev–Trinajstić information content (AvgIpc) is 3.09. The number of aliphatic hydroxyl groups excluding tert-OH is 2. The Morgan fingerprint density at radius 1 is 0.880 bits per heavy atom. The Hall–Kier alpha value is -2.53. The number of fused-ring (bicyclic) bond motifs is 2. The van der Waals surface area contributed by atoms with Gasteiger partial charge in [-0.25, -0.2) is 0 Å². The second-order valence-electron chi connectivity index (χ2n) is 16.5. The fraction of sp³-hybridized carbons (Fsp3) is 0.650. The molecular formula is C40H51F5O5. The summed E-state index contributed by atoms with van der Waals surface area (Å²) >= 11 is 0. The molecule has 0 amide bonds. The predicted octanol–water partition coefficient (Wildman–Crippen LogP) is 9.37. The van der Waals surface area contributed by atoms with Crippen molar-refractivity contribution in [2.24, 2.45) is 28.1 Å². The third-order valence-corrected chi connectivity index (χ3v) is 12.2. The lowest BCUT2D eigenvalue weighted by atomic mass is 9.48. The number of allylic oxidation sites excluding steroid dienone is 1. The third kappa shape index (κ3) is 7.24. The summed E-state index contributed by atoms with van der Waals surface area (Å²) in [6.07, 6.45) is -3.60. The molecule has 2 N–H and O–H groups in total. The molecule has 3 aliphatic carbocycles. The summed E-state index contributed by atoms with van der Waals surface area (Å²) in [6, 6.07) is 17.8. The van der Waals surface area contributed by atoms with Crippen molar-refractivity contribution in [1.29, 1.82) is 0 Å². The molecule has 0 bridgehead atoms. The van der Waals surface area contributed by atoms with Gasteiger partial charge in [0.15, 0.2) is 5.79 Å². The van der Waals surface area contributed by atoms with Gasteiger partial charge in [-0.2, -0.15) is 22.0 Å². The lowest BCUT2D eigenvalue weighted by Crippen LogP contribution is -2.56. The van der Waals surface area contributed by atoms with Crippen LogP contribution < -0.4 is 4.74 Å². The van der Waals surface area contributed by atoms with Gasteiger partial charge >= 0.3 is 12.1 Å². The standard InChI is InChI=1S/C40H51F5O5/c1-35(2)25-49-38(50-26-35)19-16-33-34-30(15-18-37(33,22-38)24-47)32(10-7-17-39(41,42)40(43,44)45)36(3,23-46)20-31(34)28-11-13-29(14-12-28)48-21-27-8-5-4-6-9-27/h4-6,8-9,11-14,30-32,46-47H,7,10,15-26H2,1-3H3/t30?,31-,32?,36-,37+/m1/s1. The van der Waals surface area contributed by atoms with Crippen LogP contribution in [-0.4, -0.2) is 54.5 Å². The lowest BCUT2D eigenvalue weighted by molar-refractivity contribution is -0.319. The molecule has 5 nitrogen and oxygen atoms in total. The Morgan fingerprint density at radius 2 is 1.56 bits per heavy atom. The van der Waals surface area contributed by atoms with Crippen molar-refractivity contribution < 1.29 is 46.4 Å². The molecule has 4 aliphatic rings. The highest BCUT2D eigenvalue weighted by Crippen LogP contribution is 2.65. The maximum absolute atomic E-state index is 14.1. The minimum absolute atomic E-state index is 0.102. The van der Waals surface area contributed by atoms with E-state index in [4.69, 9.17) is 14.2 Å². The van der Waals surface area contributed by atoms with E-state index in [1.54, 1.807) is 0 Å². The number of hydrogen-bond acceptors (Lipinski definition) is 5. The minimum atomic E-state index is -5.60. The fourth-order valence-corrected chi connectivity index (χ4v) is 9.36. The van der Waals surface area contributed by atoms with Crippen LogP contribution >= 0.6 is 0 Å². The van der Waals surface area contributed by atoms with Gasteiger partial charge in [0.1, 0.15) is 12.4 Å². The van der Waals surface area contributed by atoms with Crippen LogP contribution in [0, 0.1) is 28.1 Å². The van der Waals surface area contributed by atoms with Crippen LogP contribution in [0.15, 0.2) is 65.7 Å². The topological polar surface area (TPSA) is 68.2 Å². The molecule has 1 spiro atoms. The molecule has 276 valence electrons. The fourth-order valence-electron chi connectivity index (χ4n) is 9.36. The van der Waals surface area contributed by atoms with Gasteiger partial charge in [-0.05, 0) is 79.0 Å². The van der Waals surface area contributed by atoms with Crippen LogP contribution in [0.2, 0.25) is 0 Å². The van der Waals surface area contributed by atoms with Gasteiger partial charge < -0.3 is 24.4 Å². The maximum atomic E-state index is 14.1. The molecule has 1 aliphatic heterocycles. The number of hydrogen-bond donors (Lipinski definition) is 2. The second kappa shape index (κ2) is 13.8. The SMILES string of the molecule is CC1(C)COC2(CCC3=C4C(CC[C@@]3(CO)C2)C(CCCC(F)(F)C(F)(F)F)[C@@](C)(CO)C[C@@H]4c2ccc(OCc3ccccc3)cc2)OC1. The van der Waals surface area contributed by atoms with Crippen LogP contribution in [0.5, 0.6) is 5.75 Å². The third-order valence-electron chi connectivity index (χ3n) is 12.2. The Kier molecular flexibility index (Phi) is 10.3. The number of halogens is 5. The maximum Gasteiger partial charge on any atom is 0.453 e. The van der Waals surface area contributed by atoms with Crippen molar-refractivity contribution in [3.8, 4) is 5.75 Å². The predicted molar refractivity (Wildman–Crippen MR) is 180 cm³/mol. The van der Waals surface area contributed by atoms with Crippen LogP contribution in [0.3, 0.4) is 0 Å². The largest absolute Gasteiger partial charge is 0.489 e. The highest BCUT2D eigenvalue weighted by atomic mass is 19.4. The summed E-state index contributed by atoms with van der Waals surface area (Å²) in [7, 11) is 0. The summed E-state index contributed by atoms with van der Waals surface area (Å²) in [4.78, 5) is 0. The molecule has 0 radical (unpaired) electrons. The summed E-state index contributed by atoms with van der Waals surface area (Å²) in [5, 5.41) is 22.0. The molecule has 1 saturated heterocycles. The van der Waals surface area contributed by atoms with E-state index in [9.17, 15) is 32.2 Å². The summed E-state index contributed by atoms with van der Waals surface area (Å²) < 4.78 is 86.3. The van der Waals surface area contributed by atoms with Crippen LogP contribution in [0.25, 0.3) is 0 Å². The first-order chi connectivity index (χ1) is 23.5. The molecule has 2 aromatic rings. The number of rotatable bonds is 10. The molecule has 5 atom stereocenters. The molecular weight excluding hydrogens is 655 g/mol. The summed E-state index contributed by atoms with van der Waals surface area (Å²) in [5.41, 5.74) is 2.90. The van der Waals surface area contributed by atoms with E-state index < -0.39 is 35.1 Å². The number of ether oxygens (including phenoxy) is 3. The number of alkyl halides is 5. The second-order valence-corrected chi connectivity index (χ2v) is 16.5. The van der Waals surface area contributed by atoms with Gasteiger partial charge in [0.2, 0.25) is 0 Å². The smallest absolute Gasteiger partial charge is 0.453 e. The van der Waals surface area contributed by atoms with Crippen molar-refractivity contribution >= 4 is 0 Å². The molecule has 6 rings (SSSR count). The summed E-state index contributed by atoms with van der Waals surface area (Å²) in [6.45, 7) is 7.32. The Balaban J connectivity index is 1.35. The summed E-state index contributed by atoms with van der Waals surface area (Å²) in [5.74, 6) is -5.46. The zero-order valence-electron chi connectivity index (χ0n) is 29.3. The van der Waals surface area contributed by atoms with Gasteiger partial charge in [-0.1, -0.05) is 74.4 Å². The lowest BCUT2D eigenvalue weighted by Gasteiger charge is -2.59. The highest BCUT2D eigenvalue weighted by molar-refractivity contribution is 5.43. The zero-order valence-corrected chi connectivity index (χ0v) is 29.3. The van der Waals surface area contributed by atoms with E-state index >= 15 is 0 Å².